The maximum absolute atomic E-state index is 13.2. The standard InChI is InChI=1S/C26H36N6O6.C26H38N6O4/c1-6-30(7-2)24-27-17-21(32(35)36)22(29-24)28-20(23(33)38-26(3,4)5)16-18-10-12-19(13-11-18)37-25(34)31-14-8-9-15-31;1-6-31(7-2)24-28-17-20(27)22(30-24)29-21(23(33)36-26(3,4)5)16-18-10-12-19(13-11-18)35-25(34)32-14-8-9-15-32/h10-13,17,20H,6-9,14-16H2,1-5H3,(H,27,28,29);10-13,17,21H,6-9,14-16,27H2,1-5H3,(H,28,29,30)/t20-;21-/m00/s1. The number of nitrogens with zero attached hydrogens (tertiary/aromatic N) is 9. The Bertz CT molecular complexity index is 2500. The SMILES string of the molecule is CCN(CC)c1ncc(N)c(N[C@@H](Cc2ccc(OC(=O)N3CCCC3)cc2)C(=O)OC(C)(C)C)n1.CCN(CC)c1ncc([N+](=O)[O-])c(N[C@@H](Cc2ccc(OC(=O)N3CCCC3)cc2)C(=O)OC(C)(C)C)n1. The van der Waals surface area contributed by atoms with Crippen LogP contribution in [0, 0.1) is 10.1 Å². The zero-order valence-corrected chi connectivity index (χ0v) is 44.5. The van der Waals surface area contributed by atoms with Gasteiger partial charge in [-0.1, -0.05) is 24.3 Å². The molecule has 74 heavy (non-hydrogen) atoms. The first-order valence-corrected chi connectivity index (χ1v) is 25.3. The predicted molar refractivity (Wildman–Crippen MR) is 283 cm³/mol. The third-order valence-corrected chi connectivity index (χ3v) is 11.7. The third-order valence-electron chi connectivity index (χ3n) is 11.7. The van der Waals surface area contributed by atoms with Crippen LogP contribution < -0.4 is 35.6 Å². The van der Waals surface area contributed by atoms with Crippen LogP contribution in [0.1, 0.15) is 106 Å². The van der Waals surface area contributed by atoms with Gasteiger partial charge in [0.15, 0.2) is 5.82 Å². The second-order valence-electron chi connectivity index (χ2n) is 19.8. The van der Waals surface area contributed by atoms with Crippen LogP contribution in [-0.4, -0.2) is 134 Å². The molecule has 0 unspecified atom stereocenters. The topological polar surface area (TPSA) is 263 Å². The predicted octanol–water partition coefficient (Wildman–Crippen LogP) is 8.06. The van der Waals surface area contributed by atoms with Crippen molar-refractivity contribution >= 4 is 59.0 Å². The molecule has 0 radical (unpaired) electrons. The summed E-state index contributed by atoms with van der Waals surface area (Å²) in [6.07, 6.45) is 6.36. The summed E-state index contributed by atoms with van der Waals surface area (Å²) in [5.41, 5.74) is 6.30. The molecule has 0 spiro atoms. The van der Waals surface area contributed by atoms with E-state index in [1.165, 1.54) is 0 Å². The first-order valence-electron chi connectivity index (χ1n) is 25.3. The number of hydrogen-bond acceptors (Lipinski definition) is 19. The molecular formula is C52H74N12O10. The van der Waals surface area contributed by atoms with Gasteiger partial charge in [0.25, 0.3) is 0 Å². The summed E-state index contributed by atoms with van der Waals surface area (Å²) in [4.78, 5) is 86.5. The third kappa shape index (κ3) is 17.3. The number of aromatic nitrogens is 4. The van der Waals surface area contributed by atoms with Crippen molar-refractivity contribution in [3.8, 4) is 11.5 Å². The number of nitrogens with one attached hydrogen (secondary N) is 2. The molecule has 402 valence electrons. The number of likely N-dealkylation sites (tertiary alicyclic amines) is 2. The quantitative estimate of drug-likeness (QED) is 0.0455. The van der Waals surface area contributed by atoms with E-state index in [1.54, 1.807) is 73.2 Å². The second-order valence-corrected chi connectivity index (χ2v) is 19.8. The Labute approximate surface area is 433 Å². The first kappa shape index (κ1) is 57.4. The van der Waals surface area contributed by atoms with Gasteiger partial charge in [0.2, 0.25) is 17.7 Å². The number of hydrogen-bond donors (Lipinski definition) is 3. The molecule has 0 aliphatic carbocycles. The molecule has 0 bridgehead atoms. The highest BCUT2D eigenvalue weighted by Crippen LogP contribution is 2.27. The van der Waals surface area contributed by atoms with E-state index >= 15 is 0 Å². The van der Waals surface area contributed by atoms with Crippen molar-refractivity contribution in [3.05, 3.63) is 82.2 Å². The van der Waals surface area contributed by atoms with Crippen LogP contribution in [0.2, 0.25) is 0 Å². The van der Waals surface area contributed by atoms with Gasteiger partial charge < -0.3 is 54.9 Å². The molecule has 22 nitrogen and oxygen atoms in total. The molecule has 22 heteroatoms. The lowest BCUT2D eigenvalue weighted by molar-refractivity contribution is -0.384. The number of nitrogens with two attached hydrogens (primary N) is 1. The van der Waals surface area contributed by atoms with E-state index in [0.717, 1.165) is 69.2 Å². The normalized spacial score (nSPS) is 14.2. The highest BCUT2D eigenvalue weighted by atomic mass is 16.6. The van der Waals surface area contributed by atoms with Crippen molar-refractivity contribution in [1.82, 2.24) is 29.7 Å². The van der Waals surface area contributed by atoms with Crippen LogP contribution in [0.25, 0.3) is 0 Å². The van der Waals surface area contributed by atoms with Crippen molar-refractivity contribution in [2.24, 2.45) is 0 Å². The molecule has 2 saturated heterocycles. The van der Waals surface area contributed by atoms with E-state index in [4.69, 9.17) is 24.7 Å². The summed E-state index contributed by atoms with van der Waals surface area (Å²) in [7, 11) is 0. The molecule has 2 aliphatic rings. The Morgan fingerprint density at radius 3 is 1.36 bits per heavy atom. The van der Waals surface area contributed by atoms with E-state index in [0.29, 0.717) is 67.5 Å². The fourth-order valence-electron chi connectivity index (χ4n) is 7.87. The molecule has 2 aromatic carbocycles. The molecule has 2 aromatic heterocycles. The lowest BCUT2D eigenvalue weighted by Gasteiger charge is -2.26. The maximum atomic E-state index is 13.2. The lowest BCUT2D eigenvalue weighted by Crippen LogP contribution is -2.38. The number of esters is 2. The highest BCUT2D eigenvalue weighted by Gasteiger charge is 2.31. The van der Waals surface area contributed by atoms with Crippen LogP contribution in [0.15, 0.2) is 60.9 Å². The summed E-state index contributed by atoms with van der Waals surface area (Å²) < 4.78 is 22.2. The Morgan fingerprint density at radius 1 is 0.635 bits per heavy atom. The van der Waals surface area contributed by atoms with Gasteiger partial charge in [-0.05, 0) is 130 Å². The van der Waals surface area contributed by atoms with Crippen LogP contribution >= 0.6 is 0 Å². The van der Waals surface area contributed by atoms with Crippen LogP contribution in [0.3, 0.4) is 0 Å². The smallest absolute Gasteiger partial charge is 0.415 e. The molecule has 2 aliphatic heterocycles. The minimum absolute atomic E-state index is 0.0704. The van der Waals surface area contributed by atoms with E-state index < -0.39 is 40.1 Å². The number of amides is 2. The monoisotopic (exact) mass is 1030 g/mol. The van der Waals surface area contributed by atoms with E-state index in [9.17, 15) is 29.3 Å². The van der Waals surface area contributed by atoms with Crippen LogP contribution in [0.5, 0.6) is 11.5 Å². The van der Waals surface area contributed by atoms with Crippen molar-refractivity contribution in [2.45, 2.75) is 131 Å². The van der Waals surface area contributed by atoms with Crippen LogP contribution in [0.4, 0.5) is 44.5 Å². The highest BCUT2D eigenvalue weighted by molar-refractivity contribution is 5.82. The average Bonchev–Trinajstić information content (AvgIpc) is 4.10. The molecule has 4 aromatic rings. The fraction of sp³-hybridized carbons (Fsp3) is 0.538. The Morgan fingerprint density at radius 2 is 1.00 bits per heavy atom. The number of rotatable bonds is 19. The van der Waals surface area contributed by atoms with Crippen LogP contribution in [-0.2, 0) is 31.9 Å². The van der Waals surface area contributed by atoms with E-state index in [-0.39, 0.29) is 30.1 Å². The van der Waals surface area contributed by atoms with Gasteiger partial charge in [0.05, 0.1) is 16.8 Å². The van der Waals surface area contributed by atoms with Gasteiger partial charge in [-0.2, -0.15) is 9.97 Å². The average molecular weight is 1030 g/mol. The summed E-state index contributed by atoms with van der Waals surface area (Å²) in [5, 5.41) is 17.8. The van der Waals surface area contributed by atoms with Gasteiger partial charge in [-0.25, -0.2) is 29.1 Å². The number of nitrogen functional groups attached to an aromatic ring is 1. The number of anilines is 5. The van der Waals surface area contributed by atoms with E-state index in [1.807, 2.05) is 70.4 Å². The molecule has 0 saturated carbocycles. The second kappa shape index (κ2) is 26.4. The molecular weight excluding hydrogens is 953 g/mol. The number of nitro groups is 1. The number of benzene rings is 2. The van der Waals surface area contributed by atoms with Gasteiger partial charge >= 0.3 is 29.8 Å². The van der Waals surface area contributed by atoms with Gasteiger partial charge in [-0.3, -0.25) is 10.1 Å². The largest absolute Gasteiger partial charge is 0.458 e. The molecule has 6 rings (SSSR count). The summed E-state index contributed by atoms with van der Waals surface area (Å²) in [5.74, 6) is 0.995. The lowest BCUT2D eigenvalue weighted by atomic mass is 10.1. The molecule has 2 fully saturated rings. The van der Waals surface area contributed by atoms with Gasteiger partial charge in [0.1, 0.15) is 41.0 Å². The van der Waals surface area contributed by atoms with Crippen molar-refractivity contribution in [2.75, 3.05) is 78.5 Å². The Balaban J connectivity index is 0.000000274. The number of carbonyl (C=O) groups excluding carboxylic acids is 4. The Kier molecular flexibility index (Phi) is 20.5. The fourth-order valence-corrected chi connectivity index (χ4v) is 7.87. The molecule has 4 N–H and O–H groups in total. The molecule has 2 atom stereocenters. The number of carbonyl (C=O) groups is 4. The van der Waals surface area contributed by atoms with Gasteiger partial charge in [0, 0.05) is 65.2 Å². The Hall–Kier alpha value is -7.52. The summed E-state index contributed by atoms with van der Waals surface area (Å²) >= 11 is 0. The minimum atomic E-state index is -0.981. The van der Waals surface area contributed by atoms with Crippen molar-refractivity contribution in [1.29, 1.82) is 0 Å². The summed E-state index contributed by atoms with van der Waals surface area (Å²) in [6, 6.07) is 12.2. The van der Waals surface area contributed by atoms with Crippen molar-refractivity contribution < 1.29 is 43.0 Å². The zero-order chi connectivity index (χ0) is 54.2. The first-order chi connectivity index (χ1) is 35.1. The molecule has 2 amide bonds. The zero-order valence-electron chi connectivity index (χ0n) is 44.5. The number of ether oxygens (including phenoxy) is 4. The van der Waals surface area contributed by atoms with Gasteiger partial charge in [-0.15, -0.1) is 0 Å². The molecule has 4 heterocycles. The van der Waals surface area contributed by atoms with E-state index in [2.05, 4.69) is 30.6 Å². The maximum Gasteiger partial charge on any atom is 0.415 e. The minimum Gasteiger partial charge on any atom is -0.458 e. The van der Waals surface area contributed by atoms with Crippen molar-refractivity contribution in [3.63, 3.8) is 0 Å². The summed E-state index contributed by atoms with van der Waals surface area (Å²) in [6.45, 7) is 24.1.